The number of nitrogens with zero attached hydrogens (tertiary/aromatic N) is 4. The molecule has 0 saturated heterocycles. The molecule has 0 radical (unpaired) electrons. The molecule has 0 aliphatic heterocycles. The number of para-hydroxylation sites is 4. The van der Waals surface area contributed by atoms with Crippen molar-refractivity contribution in [1.29, 1.82) is 0 Å². The average molecular weight is 963 g/mol. The van der Waals surface area contributed by atoms with Crippen LogP contribution in [0.4, 0.5) is 0 Å². The summed E-state index contributed by atoms with van der Waals surface area (Å²) in [6, 6.07) is 29.6. The molecule has 0 bridgehead atoms. The molecule has 8 heterocycles. The van der Waals surface area contributed by atoms with E-state index in [0.717, 1.165) is 117 Å². The Morgan fingerprint density at radius 2 is 0.653 bits per heavy atom. The summed E-state index contributed by atoms with van der Waals surface area (Å²) in [5.41, 5.74) is 5.91. The number of thiophene rings is 2. The third kappa shape index (κ3) is 4.27. The Kier molecular flexibility index (Phi) is 4.54. The molecule has 8 aromatic heterocycles. The largest absolute Gasteiger partial charge is 0.309 e. The van der Waals surface area contributed by atoms with Gasteiger partial charge in [0.25, 0.3) is 0 Å². The number of hydrogen-bond donors (Lipinski definition) is 0. The Morgan fingerprint density at radius 3 is 1.07 bits per heavy atom. The first kappa shape index (κ1) is 25.8. The van der Waals surface area contributed by atoms with Gasteiger partial charge in [0.1, 0.15) is 0 Å². The Bertz CT molecular complexity index is 6090. The Balaban J connectivity index is 1.04. The molecule has 0 saturated carbocycles. The lowest BCUT2D eigenvalue weighted by Gasteiger charge is -2.10. The second-order valence-corrected chi connectivity index (χ2v) is 20.9. The first-order chi connectivity index (χ1) is 42.4. The van der Waals surface area contributed by atoms with Crippen LogP contribution in [-0.2, 0) is 0 Å². The summed E-state index contributed by atoms with van der Waals surface area (Å²) in [6.45, 7) is 0. The Hall–Kier alpha value is -8.94. The summed E-state index contributed by atoms with van der Waals surface area (Å²) in [4.78, 5) is 0. The fraction of sp³-hybridized carbons (Fsp3) is 0. The van der Waals surface area contributed by atoms with Crippen molar-refractivity contribution in [2.75, 3.05) is 0 Å². The van der Waals surface area contributed by atoms with Gasteiger partial charge in [0.15, 0.2) is 0 Å². The zero-order chi connectivity index (χ0) is 60.2. The normalized spacial score (nSPS) is 16.1. The second kappa shape index (κ2) is 12.7. The van der Waals surface area contributed by atoms with Crippen LogP contribution < -0.4 is 0 Å². The van der Waals surface area contributed by atoms with Crippen molar-refractivity contribution in [3.05, 3.63) is 206 Å². The van der Waals surface area contributed by atoms with Crippen molar-refractivity contribution in [1.82, 2.24) is 17.9 Å². The summed E-state index contributed by atoms with van der Waals surface area (Å²) in [6.07, 6.45) is 0. The highest BCUT2D eigenvalue weighted by Crippen LogP contribution is 2.51. The van der Waals surface area contributed by atoms with Crippen molar-refractivity contribution in [2.45, 2.75) is 0 Å². The first-order valence-corrected chi connectivity index (χ1v) is 25.1. The van der Waals surface area contributed by atoms with Crippen LogP contribution in [-0.4, -0.2) is 17.9 Å². The summed E-state index contributed by atoms with van der Waals surface area (Å²) >= 11 is 3.33. The maximum atomic E-state index is 9.52. The van der Waals surface area contributed by atoms with Gasteiger partial charge in [-0.2, -0.15) is 0 Å². The van der Waals surface area contributed by atoms with Gasteiger partial charge >= 0.3 is 0 Å². The molecule has 19 aromatic rings. The van der Waals surface area contributed by atoms with Gasteiger partial charge < -0.3 is 17.9 Å². The van der Waals surface area contributed by atoms with E-state index in [1.807, 2.05) is 48.5 Å². The molecule has 0 unspecified atom stereocenters. The maximum Gasteiger partial charge on any atom is 0.0645 e. The van der Waals surface area contributed by atoms with Gasteiger partial charge in [0.05, 0.1) is 77.1 Å². The van der Waals surface area contributed by atoms with Crippen LogP contribution in [0, 0.1) is 0 Å². The number of aromatic nitrogens is 4. The maximum absolute atomic E-state index is 9.52. The van der Waals surface area contributed by atoms with E-state index >= 15 is 0 Å². The Labute approximate surface area is 438 Å². The smallest absolute Gasteiger partial charge is 0.0645 e. The van der Waals surface area contributed by atoms with E-state index in [2.05, 4.69) is 69.5 Å². The van der Waals surface area contributed by atoms with E-state index in [9.17, 15) is 11.0 Å². The summed E-state index contributed by atoms with van der Waals surface area (Å²) in [5.74, 6) is 0. The fourth-order valence-corrected chi connectivity index (χ4v) is 15.0. The zero-order valence-electron chi connectivity index (χ0n) is 53.0. The van der Waals surface area contributed by atoms with Crippen molar-refractivity contribution < 1.29 is 21.9 Å². The molecular weight excluding hydrogens is 913 g/mol. The van der Waals surface area contributed by atoms with Crippen LogP contribution in [0.15, 0.2) is 206 Å². The molecule has 4 nitrogen and oxygen atoms in total. The van der Waals surface area contributed by atoms with Gasteiger partial charge in [-0.05, 0) is 97.0 Å². The van der Waals surface area contributed by atoms with Crippen LogP contribution in [0.1, 0.15) is 21.9 Å². The van der Waals surface area contributed by atoms with E-state index in [1.165, 1.54) is 0 Å². The molecule has 0 aliphatic carbocycles. The lowest BCUT2D eigenvalue weighted by Crippen LogP contribution is -1.93. The van der Waals surface area contributed by atoms with Gasteiger partial charge in [-0.25, -0.2) is 0 Å². The zero-order valence-corrected chi connectivity index (χ0v) is 38.6. The highest BCUT2D eigenvalue weighted by atomic mass is 32.1. The number of hydrogen-bond acceptors (Lipinski definition) is 2. The molecule has 0 spiro atoms. The third-order valence-electron chi connectivity index (χ3n) is 15.5. The molecule has 19 rings (SSSR count). The molecule has 330 valence electrons. The molecule has 0 amide bonds. The van der Waals surface area contributed by atoms with Crippen molar-refractivity contribution in [3.8, 4) is 11.4 Å². The van der Waals surface area contributed by atoms with E-state index in [1.54, 1.807) is 31.8 Å². The first-order valence-electron chi connectivity index (χ1n) is 31.4. The van der Waals surface area contributed by atoms with E-state index in [4.69, 9.17) is 11.0 Å². The molecule has 0 fully saturated rings. The minimum absolute atomic E-state index is 0.00992. The number of benzene rings is 11. The highest BCUT2D eigenvalue weighted by molar-refractivity contribution is 7.26. The standard InChI is InChI=1S/C66H34N4S2/c1-7-19-49-37(13-1)38-14-2-8-20-50(38)67(49)35-29-45-43-33-56-44(34-55(43)69-53-25-27-59-63(61(53)47(31-35)65(45)69)41-17-5-11-23-57(41)71-59)46-30-36(68-51-21-9-3-15-39(51)40-16-4-10-22-52(40)68)32-48-62-54(70(56)66(46)48)26-28-60-64(62)42-18-6-12-24-58(42)72-60/h1-34H/i1D,2D,3D,4D,7D,8D,9D,10D,13D,14D,15D,16D,19D,20D,21D,22D. The monoisotopic (exact) mass is 962 g/mol. The Morgan fingerprint density at radius 1 is 0.278 bits per heavy atom. The predicted octanol–water partition coefficient (Wildman–Crippen LogP) is 18.9. The average Bonchev–Trinajstić information content (AvgIpc) is 1.52. The predicted molar refractivity (Wildman–Crippen MR) is 310 cm³/mol. The topological polar surface area (TPSA) is 18.7 Å². The third-order valence-corrected chi connectivity index (χ3v) is 17.7. The molecule has 6 heteroatoms. The van der Waals surface area contributed by atoms with Crippen LogP contribution in [0.3, 0.4) is 0 Å². The summed E-state index contributed by atoms with van der Waals surface area (Å²) in [7, 11) is 0. The minimum Gasteiger partial charge on any atom is -0.309 e. The molecule has 11 aromatic carbocycles. The van der Waals surface area contributed by atoms with Gasteiger partial charge in [0.2, 0.25) is 0 Å². The molecule has 0 aliphatic rings. The van der Waals surface area contributed by atoms with Crippen molar-refractivity contribution >= 4 is 183 Å². The SMILES string of the molecule is [2H]c1c([2H])c([2H])c2c(c1[2H])c1c([2H])c([2H])c([2H])c([2H])c1n2-c1cc2c3cc4c(cc3n3c5ccc6sc7ccccc7c6c5c(c1)c23)c1cc(-n2c3c([2H])c([2H])c([2H])c([2H])c3c3c([2H])c([2H])c([2H])c([2H])c32)cc2c3c5c(ccc3n4c12)sc1ccccc15. The fourth-order valence-electron chi connectivity index (χ4n) is 12.8. The lowest BCUT2D eigenvalue weighted by molar-refractivity contribution is 1.19. The van der Waals surface area contributed by atoms with Crippen molar-refractivity contribution in [2.24, 2.45) is 0 Å². The number of fused-ring (bicyclic) bond motifs is 26. The van der Waals surface area contributed by atoms with Gasteiger partial charge in [-0.15, -0.1) is 22.7 Å². The van der Waals surface area contributed by atoms with Crippen LogP contribution >= 0.6 is 22.7 Å². The van der Waals surface area contributed by atoms with E-state index < -0.39 is 96.7 Å². The second-order valence-electron chi connectivity index (χ2n) is 18.8. The molecule has 72 heavy (non-hydrogen) atoms. The summed E-state index contributed by atoms with van der Waals surface area (Å²) < 4.78 is 158. The van der Waals surface area contributed by atoms with Gasteiger partial charge in [-0.3, -0.25) is 0 Å². The quantitative estimate of drug-likeness (QED) is 0.164. The highest BCUT2D eigenvalue weighted by Gasteiger charge is 2.28. The van der Waals surface area contributed by atoms with E-state index in [0.29, 0.717) is 11.4 Å². The molecule has 0 atom stereocenters. The van der Waals surface area contributed by atoms with E-state index in [-0.39, 0.29) is 43.6 Å². The molecule has 0 N–H and O–H groups in total. The van der Waals surface area contributed by atoms with Crippen LogP contribution in [0.2, 0.25) is 0 Å². The number of rotatable bonds is 2. The summed E-state index contributed by atoms with van der Waals surface area (Å²) in [5, 5.41) is 10.6. The van der Waals surface area contributed by atoms with Gasteiger partial charge in [0, 0.05) is 116 Å². The van der Waals surface area contributed by atoms with Crippen LogP contribution in [0.25, 0.3) is 172 Å². The van der Waals surface area contributed by atoms with Crippen LogP contribution in [0.5, 0.6) is 0 Å². The van der Waals surface area contributed by atoms with Crippen molar-refractivity contribution in [3.63, 3.8) is 0 Å². The van der Waals surface area contributed by atoms with Gasteiger partial charge in [-0.1, -0.05) is 109 Å². The minimum atomic E-state index is -0.529. The lowest BCUT2D eigenvalue weighted by atomic mass is 10.0. The molecular formula is C66H34N4S2.